The number of ether oxygens (including phenoxy) is 1. The minimum Gasteiger partial charge on any atom is -0.496 e. The zero-order valence-electron chi connectivity index (χ0n) is 11.1. The molecule has 0 heterocycles. The van der Waals surface area contributed by atoms with E-state index in [2.05, 4.69) is 31.2 Å². The fourth-order valence-corrected chi connectivity index (χ4v) is 1.68. The van der Waals surface area contributed by atoms with Crippen molar-refractivity contribution in [1.29, 1.82) is 0 Å². The largest absolute Gasteiger partial charge is 0.496 e. The molecule has 2 heteroatoms. The molecule has 2 nitrogen and oxygen atoms in total. The molecule has 0 saturated carbocycles. The van der Waals surface area contributed by atoms with Crippen molar-refractivity contribution >= 4 is 6.08 Å². The highest BCUT2D eigenvalue weighted by Crippen LogP contribution is 2.24. The van der Waals surface area contributed by atoms with Crippen LogP contribution in [-0.2, 0) is 0 Å². The van der Waals surface area contributed by atoms with Crippen molar-refractivity contribution in [3.05, 3.63) is 35.4 Å². The molecule has 0 aliphatic carbocycles. The summed E-state index contributed by atoms with van der Waals surface area (Å²) in [6.07, 6.45) is 7.91. The number of hydrogen-bond donors (Lipinski definition) is 1. The molecule has 0 aliphatic rings. The summed E-state index contributed by atoms with van der Waals surface area (Å²) in [5.74, 6) is 0.896. The molecule has 0 aliphatic heterocycles. The average Bonchev–Trinajstić information content (AvgIpc) is 2.34. The second-order valence-corrected chi connectivity index (χ2v) is 4.33. The lowest BCUT2D eigenvalue weighted by atomic mass is 10.0. The number of rotatable bonds is 6. The van der Waals surface area contributed by atoms with Crippen molar-refractivity contribution in [2.45, 2.75) is 39.2 Å². The second-order valence-electron chi connectivity index (χ2n) is 4.33. The molecule has 94 valence electrons. The van der Waals surface area contributed by atoms with E-state index in [-0.39, 0.29) is 6.04 Å². The maximum Gasteiger partial charge on any atom is 0.126 e. The van der Waals surface area contributed by atoms with Gasteiger partial charge in [-0.3, -0.25) is 0 Å². The molecule has 0 amide bonds. The van der Waals surface area contributed by atoms with Crippen molar-refractivity contribution in [3.63, 3.8) is 0 Å². The molecule has 0 aromatic heterocycles. The van der Waals surface area contributed by atoms with E-state index in [1.165, 1.54) is 12.8 Å². The zero-order chi connectivity index (χ0) is 12.7. The minimum atomic E-state index is 0.0435. The minimum absolute atomic E-state index is 0.0435. The number of hydrogen-bond acceptors (Lipinski definition) is 2. The van der Waals surface area contributed by atoms with E-state index in [1.54, 1.807) is 7.11 Å². The summed E-state index contributed by atoms with van der Waals surface area (Å²) in [4.78, 5) is 0. The third kappa shape index (κ3) is 4.23. The molecule has 1 atom stereocenters. The predicted molar refractivity (Wildman–Crippen MR) is 74.2 cm³/mol. The Balaban J connectivity index is 2.81. The van der Waals surface area contributed by atoms with E-state index >= 15 is 0 Å². The lowest BCUT2D eigenvalue weighted by Gasteiger charge is -2.10. The van der Waals surface area contributed by atoms with Gasteiger partial charge in [0.05, 0.1) is 7.11 Å². The Morgan fingerprint density at radius 3 is 2.76 bits per heavy atom. The molecule has 1 aromatic rings. The fraction of sp³-hybridized carbons (Fsp3) is 0.467. The summed E-state index contributed by atoms with van der Waals surface area (Å²) in [5.41, 5.74) is 8.08. The Morgan fingerprint density at radius 1 is 1.41 bits per heavy atom. The molecular weight excluding hydrogens is 210 g/mol. The molecule has 0 saturated heterocycles. The highest BCUT2D eigenvalue weighted by atomic mass is 16.5. The van der Waals surface area contributed by atoms with Crippen LogP contribution in [-0.4, -0.2) is 7.11 Å². The van der Waals surface area contributed by atoms with Crippen molar-refractivity contribution in [2.24, 2.45) is 5.73 Å². The van der Waals surface area contributed by atoms with E-state index < -0.39 is 0 Å². The molecule has 1 aromatic carbocycles. The van der Waals surface area contributed by atoms with Crippen LogP contribution in [0, 0.1) is 0 Å². The topological polar surface area (TPSA) is 35.2 Å². The van der Waals surface area contributed by atoms with Crippen LogP contribution in [0.25, 0.3) is 6.08 Å². The van der Waals surface area contributed by atoms with Crippen LogP contribution >= 0.6 is 0 Å². The Hall–Kier alpha value is -1.28. The maximum absolute atomic E-state index is 5.85. The standard InChI is InChI=1S/C15H23NO/c1-4-5-6-7-8-13-9-10-14(12(2)16)11-15(13)17-3/h7-12H,4-6,16H2,1-3H3. The molecule has 17 heavy (non-hydrogen) atoms. The first-order valence-electron chi connectivity index (χ1n) is 6.29. The molecule has 0 fully saturated rings. The maximum atomic E-state index is 5.85. The Morgan fingerprint density at radius 2 is 2.18 bits per heavy atom. The third-order valence-corrected chi connectivity index (χ3v) is 2.81. The first-order valence-corrected chi connectivity index (χ1v) is 6.29. The molecular formula is C15H23NO. The summed E-state index contributed by atoms with van der Waals surface area (Å²) in [6.45, 7) is 4.18. The van der Waals surface area contributed by atoms with Crippen LogP contribution in [0.1, 0.15) is 50.3 Å². The Kier molecular flexibility index (Phi) is 5.78. The van der Waals surface area contributed by atoms with Gasteiger partial charge >= 0.3 is 0 Å². The van der Waals surface area contributed by atoms with Crippen LogP contribution in [0.5, 0.6) is 5.75 Å². The number of nitrogens with two attached hydrogens (primary N) is 1. The highest BCUT2D eigenvalue weighted by Gasteiger charge is 2.04. The van der Waals surface area contributed by atoms with Crippen molar-refractivity contribution in [2.75, 3.05) is 7.11 Å². The van der Waals surface area contributed by atoms with Gasteiger partial charge < -0.3 is 10.5 Å². The fourth-order valence-electron chi connectivity index (χ4n) is 1.68. The van der Waals surface area contributed by atoms with Gasteiger partial charge in [-0.05, 0) is 25.0 Å². The number of methoxy groups -OCH3 is 1. The normalized spacial score (nSPS) is 12.9. The van der Waals surface area contributed by atoms with Crippen LogP contribution in [0.4, 0.5) is 0 Å². The predicted octanol–water partition coefficient (Wildman–Crippen LogP) is 3.92. The van der Waals surface area contributed by atoms with Crippen LogP contribution in [0.2, 0.25) is 0 Å². The first kappa shape index (κ1) is 13.8. The molecule has 0 spiro atoms. The van der Waals surface area contributed by atoms with Gasteiger partial charge in [-0.1, -0.05) is 44.1 Å². The van der Waals surface area contributed by atoms with Crippen molar-refractivity contribution < 1.29 is 4.74 Å². The molecule has 2 N–H and O–H groups in total. The second kappa shape index (κ2) is 7.13. The van der Waals surface area contributed by atoms with E-state index in [0.29, 0.717) is 0 Å². The van der Waals surface area contributed by atoms with Gasteiger partial charge in [-0.2, -0.15) is 0 Å². The van der Waals surface area contributed by atoms with E-state index in [4.69, 9.17) is 10.5 Å². The smallest absolute Gasteiger partial charge is 0.126 e. The quantitative estimate of drug-likeness (QED) is 0.756. The van der Waals surface area contributed by atoms with Crippen LogP contribution < -0.4 is 10.5 Å². The summed E-state index contributed by atoms with van der Waals surface area (Å²) < 4.78 is 5.39. The van der Waals surface area contributed by atoms with Crippen LogP contribution in [0.3, 0.4) is 0 Å². The summed E-state index contributed by atoms with van der Waals surface area (Å²) in [7, 11) is 1.70. The third-order valence-electron chi connectivity index (χ3n) is 2.81. The molecule has 0 bridgehead atoms. The monoisotopic (exact) mass is 233 g/mol. The van der Waals surface area contributed by atoms with Gasteiger partial charge in [-0.25, -0.2) is 0 Å². The van der Waals surface area contributed by atoms with Gasteiger partial charge in [0.25, 0.3) is 0 Å². The Labute approximate surface area is 104 Å². The summed E-state index contributed by atoms with van der Waals surface area (Å²) >= 11 is 0. The van der Waals surface area contributed by atoms with E-state index in [0.717, 1.165) is 23.3 Å². The highest BCUT2D eigenvalue weighted by molar-refractivity contribution is 5.58. The average molecular weight is 233 g/mol. The van der Waals surface area contributed by atoms with Crippen LogP contribution in [0.15, 0.2) is 24.3 Å². The number of benzene rings is 1. The van der Waals surface area contributed by atoms with Crippen molar-refractivity contribution in [1.82, 2.24) is 0 Å². The first-order chi connectivity index (χ1) is 8.19. The van der Waals surface area contributed by atoms with E-state index in [9.17, 15) is 0 Å². The number of allylic oxidation sites excluding steroid dienone is 1. The van der Waals surface area contributed by atoms with Gasteiger partial charge in [0.2, 0.25) is 0 Å². The molecule has 1 rings (SSSR count). The SMILES string of the molecule is CCCCC=Cc1ccc(C(C)N)cc1OC. The molecule has 1 unspecified atom stereocenters. The van der Waals surface area contributed by atoms with Gasteiger partial charge in [0.1, 0.15) is 5.75 Å². The van der Waals surface area contributed by atoms with E-state index in [1.807, 2.05) is 13.0 Å². The summed E-state index contributed by atoms with van der Waals surface area (Å²) in [6, 6.07) is 6.19. The zero-order valence-corrected chi connectivity index (χ0v) is 11.1. The Bertz CT molecular complexity index is 369. The number of unbranched alkanes of at least 4 members (excludes halogenated alkanes) is 2. The van der Waals surface area contributed by atoms with Crippen molar-refractivity contribution in [3.8, 4) is 5.75 Å². The summed E-state index contributed by atoms with van der Waals surface area (Å²) in [5, 5.41) is 0. The lowest BCUT2D eigenvalue weighted by molar-refractivity contribution is 0.413. The van der Waals surface area contributed by atoms with Gasteiger partial charge in [0.15, 0.2) is 0 Å². The van der Waals surface area contributed by atoms with Gasteiger partial charge in [-0.15, -0.1) is 0 Å². The molecule has 0 radical (unpaired) electrons. The van der Waals surface area contributed by atoms with Gasteiger partial charge in [0, 0.05) is 11.6 Å². The lowest BCUT2D eigenvalue weighted by Crippen LogP contribution is -2.05.